The van der Waals surface area contributed by atoms with Gasteiger partial charge >= 0.3 is 0 Å². The average molecular weight is 250 g/mol. The summed E-state index contributed by atoms with van der Waals surface area (Å²) < 4.78 is 0. The van der Waals surface area contributed by atoms with E-state index < -0.39 is 0 Å². The molecule has 5 heteroatoms. The van der Waals surface area contributed by atoms with Crippen molar-refractivity contribution in [1.29, 1.82) is 0 Å². The molecule has 0 aromatic carbocycles. The van der Waals surface area contributed by atoms with Gasteiger partial charge in [-0.1, -0.05) is 19.4 Å². The van der Waals surface area contributed by atoms with E-state index >= 15 is 0 Å². The SMILES string of the molecule is CCCCN(CC(N)=O)C(CN)c1ccccn1. The van der Waals surface area contributed by atoms with Crippen molar-refractivity contribution >= 4 is 5.91 Å². The lowest BCUT2D eigenvalue weighted by Gasteiger charge is -2.29. The highest BCUT2D eigenvalue weighted by atomic mass is 16.1. The first-order valence-electron chi connectivity index (χ1n) is 6.32. The van der Waals surface area contributed by atoms with E-state index in [0.29, 0.717) is 6.54 Å². The minimum Gasteiger partial charge on any atom is -0.369 e. The van der Waals surface area contributed by atoms with Crippen LogP contribution in [0.5, 0.6) is 0 Å². The number of hydrogen-bond donors (Lipinski definition) is 2. The highest BCUT2D eigenvalue weighted by Gasteiger charge is 2.20. The molecule has 1 atom stereocenters. The number of carbonyl (C=O) groups excluding carboxylic acids is 1. The second kappa shape index (κ2) is 7.79. The summed E-state index contributed by atoms with van der Waals surface area (Å²) in [4.78, 5) is 17.5. The van der Waals surface area contributed by atoms with Gasteiger partial charge in [0.1, 0.15) is 0 Å². The second-order valence-corrected chi connectivity index (χ2v) is 4.30. The molecule has 0 spiro atoms. The minimum absolute atomic E-state index is 0.0507. The van der Waals surface area contributed by atoms with Crippen LogP contribution >= 0.6 is 0 Å². The van der Waals surface area contributed by atoms with Crippen LogP contribution in [0.3, 0.4) is 0 Å². The van der Waals surface area contributed by atoms with Crippen LogP contribution in [0, 0.1) is 0 Å². The Morgan fingerprint density at radius 2 is 2.28 bits per heavy atom. The van der Waals surface area contributed by atoms with Crippen LogP contribution in [0.2, 0.25) is 0 Å². The molecule has 1 aromatic heterocycles. The van der Waals surface area contributed by atoms with Crippen molar-refractivity contribution < 1.29 is 4.79 Å². The van der Waals surface area contributed by atoms with Crippen molar-refractivity contribution in [1.82, 2.24) is 9.88 Å². The zero-order valence-electron chi connectivity index (χ0n) is 10.9. The van der Waals surface area contributed by atoms with Crippen molar-refractivity contribution in [2.24, 2.45) is 11.5 Å². The topological polar surface area (TPSA) is 85.2 Å². The molecule has 1 rings (SSSR count). The third-order valence-corrected chi connectivity index (χ3v) is 2.85. The molecule has 1 aromatic rings. The number of primary amides is 1. The first kappa shape index (κ1) is 14.6. The van der Waals surface area contributed by atoms with Crippen molar-refractivity contribution in [2.45, 2.75) is 25.8 Å². The highest BCUT2D eigenvalue weighted by Crippen LogP contribution is 2.17. The van der Waals surface area contributed by atoms with E-state index in [1.807, 2.05) is 23.1 Å². The molecule has 0 fully saturated rings. The summed E-state index contributed by atoms with van der Waals surface area (Å²) in [6, 6.07) is 5.66. The van der Waals surface area contributed by atoms with Gasteiger partial charge in [-0.3, -0.25) is 14.7 Å². The number of carbonyl (C=O) groups is 1. The smallest absolute Gasteiger partial charge is 0.231 e. The standard InChI is InChI=1S/C13H22N4O/c1-2-3-8-17(10-13(15)18)12(9-14)11-6-4-5-7-16-11/h4-7,12H,2-3,8-10,14H2,1H3,(H2,15,18). The fraction of sp³-hybridized carbons (Fsp3) is 0.538. The summed E-state index contributed by atoms with van der Waals surface area (Å²) in [7, 11) is 0. The Morgan fingerprint density at radius 1 is 1.50 bits per heavy atom. The Hall–Kier alpha value is -1.46. The molecule has 0 radical (unpaired) electrons. The highest BCUT2D eigenvalue weighted by molar-refractivity contribution is 5.76. The lowest BCUT2D eigenvalue weighted by molar-refractivity contribution is -0.119. The van der Waals surface area contributed by atoms with Gasteiger partial charge in [0.2, 0.25) is 5.91 Å². The maximum absolute atomic E-state index is 11.1. The third-order valence-electron chi connectivity index (χ3n) is 2.85. The monoisotopic (exact) mass is 250 g/mol. The molecule has 100 valence electrons. The Labute approximate surface area is 108 Å². The number of pyridine rings is 1. The van der Waals surface area contributed by atoms with Crippen molar-refractivity contribution in [3.05, 3.63) is 30.1 Å². The summed E-state index contributed by atoms with van der Waals surface area (Å²) >= 11 is 0. The van der Waals surface area contributed by atoms with Crippen LogP contribution in [0.15, 0.2) is 24.4 Å². The van der Waals surface area contributed by atoms with Crippen LogP contribution in [0.4, 0.5) is 0 Å². The zero-order valence-corrected chi connectivity index (χ0v) is 10.9. The predicted molar refractivity (Wildman–Crippen MR) is 71.7 cm³/mol. The lowest BCUT2D eigenvalue weighted by atomic mass is 10.1. The molecule has 0 saturated carbocycles. The maximum Gasteiger partial charge on any atom is 0.231 e. The van der Waals surface area contributed by atoms with E-state index in [9.17, 15) is 4.79 Å². The van der Waals surface area contributed by atoms with Crippen molar-refractivity contribution in [3.8, 4) is 0 Å². The van der Waals surface area contributed by atoms with E-state index in [-0.39, 0.29) is 18.5 Å². The number of aromatic nitrogens is 1. The predicted octanol–water partition coefficient (Wildman–Crippen LogP) is 0.669. The maximum atomic E-state index is 11.1. The molecule has 5 nitrogen and oxygen atoms in total. The number of nitrogens with zero attached hydrogens (tertiary/aromatic N) is 2. The Balaban J connectivity index is 2.82. The molecular weight excluding hydrogens is 228 g/mol. The fourth-order valence-corrected chi connectivity index (χ4v) is 1.94. The molecule has 0 aliphatic rings. The quantitative estimate of drug-likeness (QED) is 0.710. The number of nitrogens with two attached hydrogens (primary N) is 2. The first-order valence-corrected chi connectivity index (χ1v) is 6.32. The molecule has 0 aliphatic carbocycles. The van der Waals surface area contributed by atoms with E-state index in [1.165, 1.54) is 0 Å². The molecule has 18 heavy (non-hydrogen) atoms. The zero-order chi connectivity index (χ0) is 13.4. The largest absolute Gasteiger partial charge is 0.369 e. The van der Waals surface area contributed by atoms with Gasteiger partial charge in [-0.15, -0.1) is 0 Å². The minimum atomic E-state index is -0.333. The van der Waals surface area contributed by atoms with Crippen LogP contribution in [0.1, 0.15) is 31.5 Å². The van der Waals surface area contributed by atoms with Gasteiger partial charge in [0, 0.05) is 12.7 Å². The number of hydrogen-bond acceptors (Lipinski definition) is 4. The van der Waals surface area contributed by atoms with Gasteiger partial charge in [-0.2, -0.15) is 0 Å². The van der Waals surface area contributed by atoms with E-state index in [1.54, 1.807) is 6.20 Å². The summed E-state index contributed by atoms with van der Waals surface area (Å²) in [5.74, 6) is -0.333. The summed E-state index contributed by atoms with van der Waals surface area (Å²) in [6.45, 7) is 3.56. The average Bonchev–Trinajstić information content (AvgIpc) is 2.37. The molecule has 1 amide bonds. The Bertz CT molecular complexity index is 355. The van der Waals surface area contributed by atoms with E-state index in [4.69, 9.17) is 11.5 Å². The Kier molecular flexibility index (Phi) is 6.32. The molecular formula is C13H22N4O. The van der Waals surface area contributed by atoms with Gasteiger partial charge in [0.15, 0.2) is 0 Å². The summed E-state index contributed by atoms with van der Waals surface area (Å²) in [5, 5.41) is 0. The van der Waals surface area contributed by atoms with Crippen molar-refractivity contribution in [3.63, 3.8) is 0 Å². The van der Waals surface area contributed by atoms with Crippen LogP contribution in [0.25, 0.3) is 0 Å². The number of unbranched alkanes of at least 4 members (excludes halogenated alkanes) is 1. The number of rotatable bonds is 8. The normalized spacial score (nSPS) is 12.6. The molecule has 0 saturated heterocycles. The third kappa shape index (κ3) is 4.43. The van der Waals surface area contributed by atoms with Crippen LogP contribution in [-0.4, -0.2) is 35.4 Å². The lowest BCUT2D eigenvalue weighted by Crippen LogP contribution is -2.40. The molecule has 4 N–H and O–H groups in total. The summed E-state index contributed by atoms with van der Waals surface area (Å²) in [6.07, 6.45) is 3.81. The van der Waals surface area contributed by atoms with Gasteiger partial charge in [-0.25, -0.2) is 0 Å². The summed E-state index contributed by atoms with van der Waals surface area (Å²) in [5.41, 5.74) is 12.0. The van der Waals surface area contributed by atoms with Crippen molar-refractivity contribution in [2.75, 3.05) is 19.6 Å². The number of amides is 1. The second-order valence-electron chi connectivity index (χ2n) is 4.30. The fourth-order valence-electron chi connectivity index (χ4n) is 1.94. The van der Waals surface area contributed by atoms with Gasteiger partial charge in [-0.05, 0) is 25.1 Å². The van der Waals surface area contributed by atoms with Gasteiger partial charge in [0.25, 0.3) is 0 Å². The van der Waals surface area contributed by atoms with Gasteiger partial charge in [0.05, 0.1) is 18.3 Å². The van der Waals surface area contributed by atoms with Crippen LogP contribution in [-0.2, 0) is 4.79 Å². The molecule has 0 aliphatic heterocycles. The Morgan fingerprint density at radius 3 is 2.78 bits per heavy atom. The molecule has 0 bridgehead atoms. The van der Waals surface area contributed by atoms with E-state index in [0.717, 1.165) is 25.1 Å². The molecule has 1 heterocycles. The van der Waals surface area contributed by atoms with Gasteiger partial charge < -0.3 is 11.5 Å². The van der Waals surface area contributed by atoms with Crippen LogP contribution < -0.4 is 11.5 Å². The molecule has 1 unspecified atom stereocenters. The first-order chi connectivity index (χ1) is 8.69. The van der Waals surface area contributed by atoms with E-state index in [2.05, 4.69) is 11.9 Å².